The second-order valence-electron chi connectivity index (χ2n) is 3.10. The van der Waals surface area contributed by atoms with Crippen LogP contribution in [0.15, 0.2) is 18.2 Å². The monoisotopic (exact) mass is 226 g/mol. The number of methoxy groups -OCH3 is 1. The van der Waals surface area contributed by atoms with Crippen LogP contribution in [0, 0.1) is 0 Å². The molecule has 0 radical (unpaired) electrons. The Bertz CT molecular complexity index is 361. The number of benzene rings is 1. The summed E-state index contributed by atoms with van der Waals surface area (Å²) in [5.74, 6) is -0.173. The van der Waals surface area contributed by atoms with E-state index in [2.05, 4.69) is 0 Å². The molecule has 0 aliphatic rings. The van der Waals surface area contributed by atoms with E-state index in [1.54, 1.807) is 0 Å². The lowest BCUT2D eigenvalue weighted by Gasteiger charge is -2.10. The Labute approximate surface area is 93.2 Å². The van der Waals surface area contributed by atoms with Crippen molar-refractivity contribution in [2.75, 3.05) is 20.3 Å². The first-order chi connectivity index (χ1) is 7.69. The smallest absolute Gasteiger partial charge is 0.335 e. The SMILES string of the molecule is COc1ccc(C(=O)O)cc1OCCCO. The van der Waals surface area contributed by atoms with Crippen LogP contribution in [0.5, 0.6) is 11.5 Å². The van der Waals surface area contributed by atoms with Gasteiger partial charge in [-0.05, 0) is 18.2 Å². The van der Waals surface area contributed by atoms with Crippen molar-refractivity contribution in [3.05, 3.63) is 23.8 Å². The van der Waals surface area contributed by atoms with Gasteiger partial charge in [0.1, 0.15) is 0 Å². The summed E-state index contributed by atoms with van der Waals surface area (Å²) in [4.78, 5) is 10.7. The molecule has 0 aliphatic heterocycles. The molecule has 0 unspecified atom stereocenters. The summed E-state index contributed by atoms with van der Waals surface area (Å²) in [6, 6.07) is 4.39. The van der Waals surface area contributed by atoms with Gasteiger partial charge in [-0.1, -0.05) is 0 Å². The van der Waals surface area contributed by atoms with E-state index in [1.165, 1.54) is 25.3 Å². The Morgan fingerprint density at radius 3 is 2.69 bits per heavy atom. The van der Waals surface area contributed by atoms with Gasteiger partial charge in [-0.3, -0.25) is 0 Å². The molecule has 88 valence electrons. The van der Waals surface area contributed by atoms with Crippen LogP contribution in [-0.2, 0) is 0 Å². The lowest BCUT2D eigenvalue weighted by molar-refractivity contribution is 0.0696. The van der Waals surface area contributed by atoms with Crippen molar-refractivity contribution < 1.29 is 24.5 Å². The number of aliphatic hydroxyl groups excluding tert-OH is 1. The van der Waals surface area contributed by atoms with Crippen LogP contribution in [0.2, 0.25) is 0 Å². The highest BCUT2D eigenvalue weighted by Crippen LogP contribution is 2.28. The molecule has 0 heterocycles. The van der Waals surface area contributed by atoms with Gasteiger partial charge in [-0.15, -0.1) is 0 Å². The zero-order chi connectivity index (χ0) is 12.0. The number of aliphatic hydroxyl groups is 1. The molecular weight excluding hydrogens is 212 g/mol. The molecule has 0 aromatic heterocycles. The van der Waals surface area contributed by atoms with E-state index >= 15 is 0 Å². The molecule has 0 fully saturated rings. The normalized spacial score (nSPS) is 9.88. The molecule has 1 aromatic rings. The number of hydrogen-bond donors (Lipinski definition) is 2. The first-order valence-corrected chi connectivity index (χ1v) is 4.84. The molecule has 0 atom stereocenters. The first kappa shape index (κ1) is 12.3. The minimum atomic E-state index is -1.02. The Kier molecular flexibility index (Phi) is 4.60. The van der Waals surface area contributed by atoms with Crippen molar-refractivity contribution in [1.29, 1.82) is 0 Å². The molecule has 5 nitrogen and oxygen atoms in total. The lowest BCUT2D eigenvalue weighted by atomic mass is 10.2. The molecule has 16 heavy (non-hydrogen) atoms. The molecule has 0 bridgehead atoms. The largest absolute Gasteiger partial charge is 0.493 e. The standard InChI is InChI=1S/C11H14O5/c1-15-9-4-3-8(11(13)14)7-10(9)16-6-2-5-12/h3-4,7,12H,2,5-6H2,1H3,(H,13,14). The highest BCUT2D eigenvalue weighted by molar-refractivity contribution is 5.88. The average molecular weight is 226 g/mol. The number of ether oxygens (including phenoxy) is 2. The summed E-state index contributed by atoms with van der Waals surface area (Å²) in [6.07, 6.45) is 0.487. The van der Waals surface area contributed by atoms with E-state index in [0.29, 0.717) is 24.5 Å². The van der Waals surface area contributed by atoms with Crippen molar-refractivity contribution in [3.8, 4) is 11.5 Å². The van der Waals surface area contributed by atoms with Gasteiger partial charge in [-0.2, -0.15) is 0 Å². The number of carboxylic acid groups (broad SMARTS) is 1. The van der Waals surface area contributed by atoms with E-state index in [9.17, 15) is 4.79 Å². The van der Waals surface area contributed by atoms with Crippen LogP contribution in [0.1, 0.15) is 16.8 Å². The van der Waals surface area contributed by atoms with Gasteiger partial charge < -0.3 is 19.7 Å². The number of carboxylic acids is 1. The average Bonchev–Trinajstić information content (AvgIpc) is 2.29. The Morgan fingerprint density at radius 2 is 2.12 bits per heavy atom. The second-order valence-corrected chi connectivity index (χ2v) is 3.10. The van der Waals surface area contributed by atoms with Gasteiger partial charge in [-0.25, -0.2) is 4.79 Å². The van der Waals surface area contributed by atoms with Crippen molar-refractivity contribution >= 4 is 5.97 Å². The Hall–Kier alpha value is -1.75. The van der Waals surface area contributed by atoms with E-state index in [0.717, 1.165) is 0 Å². The molecule has 0 amide bonds. The second kappa shape index (κ2) is 5.97. The molecule has 0 saturated carbocycles. The van der Waals surface area contributed by atoms with Gasteiger partial charge >= 0.3 is 5.97 Å². The van der Waals surface area contributed by atoms with Crippen LogP contribution in [0.3, 0.4) is 0 Å². The van der Waals surface area contributed by atoms with E-state index < -0.39 is 5.97 Å². The Balaban J connectivity index is 2.84. The third-order valence-electron chi connectivity index (χ3n) is 1.97. The molecule has 2 N–H and O–H groups in total. The fourth-order valence-corrected chi connectivity index (χ4v) is 1.17. The molecule has 0 spiro atoms. The lowest BCUT2D eigenvalue weighted by Crippen LogP contribution is -2.03. The van der Waals surface area contributed by atoms with Gasteiger partial charge in [0.25, 0.3) is 0 Å². The van der Waals surface area contributed by atoms with E-state index in [-0.39, 0.29) is 12.2 Å². The van der Waals surface area contributed by atoms with Crippen molar-refractivity contribution in [2.24, 2.45) is 0 Å². The number of rotatable bonds is 6. The first-order valence-electron chi connectivity index (χ1n) is 4.84. The highest BCUT2D eigenvalue weighted by atomic mass is 16.5. The van der Waals surface area contributed by atoms with Crippen molar-refractivity contribution in [2.45, 2.75) is 6.42 Å². The summed E-state index contributed by atoms with van der Waals surface area (Å²) >= 11 is 0. The molecule has 5 heteroatoms. The van der Waals surface area contributed by atoms with Crippen LogP contribution >= 0.6 is 0 Å². The number of carbonyl (C=O) groups is 1. The molecule has 1 rings (SSSR count). The fourth-order valence-electron chi connectivity index (χ4n) is 1.17. The molecule has 0 saturated heterocycles. The molecular formula is C11H14O5. The van der Waals surface area contributed by atoms with E-state index in [1.807, 2.05) is 0 Å². The van der Waals surface area contributed by atoms with Gasteiger partial charge in [0.05, 0.1) is 19.3 Å². The summed E-state index contributed by atoms with van der Waals surface area (Å²) in [5.41, 5.74) is 0.139. The highest BCUT2D eigenvalue weighted by Gasteiger charge is 2.09. The fraction of sp³-hybridized carbons (Fsp3) is 0.364. The predicted octanol–water partition coefficient (Wildman–Crippen LogP) is 1.15. The van der Waals surface area contributed by atoms with Crippen molar-refractivity contribution in [1.82, 2.24) is 0 Å². The summed E-state index contributed by atoms with van der Waals surface area (Å²) in [6.45, 7) is 0.344. The maximum Gasteiger partial charge on any atom is 0.335 e. The maximum atomic E-state index is 10.7. The zero-order valence-electron chi connectivity index (χ0n) is 8.97. The van der Waals surface area contributed by atoms with E-state index in [4.69, 9.17) is 19.7 Å². The minimum absolute atomic E-state index is 0.0287. The van der Waals surface area contributed by atoms with Crippen LogP contribution in [0.25, 0.3) is 0 Å². The zero-order valence-corrected chi connectivity index (χ0v) is 8.97. The number of hydrogen-bond acceptors (Lipinski definition) is 4. The van der Waals surface area contributed by atoms with Gasteiger partial charge in [0.2, 0.25) is 0 Å². The summed E-state index contributed by atoms with van der Waals surface area (Å²) < 4.78 is 10.3. The quantitative estimate of drug-likeness (QED) is 0.712. The van der Waals surface area contributed by atoms with Crippen LogP contribution < -0.4 is 9.47 Å². The molecule has 0 aliphatic carbocycles. The third kappa shape index (κ3) is 3.13. The topological polar surface area (TPSA) is 76.0 Å². The predicted molar refractivity (Wildman–Crippen MR) is 57.2 cm³/mol. The van der Waals surface area contributed by atoms with Gasteiger partial charge in [0.15, 0.2) is 11.5 Å². The van der Waals surface area contributed by atoms with Crippen molar-refractivity contribution in [3.63, 3.8) is 0 Å². The van der Waals surface area contributed by atoms with Crippen LogP contribution in [0.4, 0.5) is 0 Å². The summed E-state index contributed by atoms with van der Waals surface area (Å²) in [5, 5.41) is 17.4. The number of aromatic carboxylic acids is 1. The minimum Gasteiger partial charge on any atom is -0.493 e. The van der Waals surface area contributed by atoms with Crippen LogP contribution in [-0.4, -0.2) is 36.5 Å². The molecule has 1 aromatic carbocycles. The maximum absolute atomic E-state index is 10.7. The third-order valence-corrected chi connectivity index (χ3v) is 1.97. The summed E-state index contributed by atoms with van der Waals surface area (Å²) in [7, 11) is 1.48. The van der Waals surface area contributed by atoms with Gasteiger partial charge in [0, 0.05) is 13.0 Å². The Morgan fingerprint density at radius 1 is 1.38 bits per heavy atom.